The van der Waals surface area contributed by atoms with E-state index < -0.39 is 4.92 Å². The summed E-state index contributed by atoms with van der Waals surface area (Å²) in [5.41, 5.74) is 1.90. The standard InChI is InChI=1S/C14H12ClFN2O2/c1-9-2-4-12(16)6-10(9)8-17-13-5-3-11(15)7-14(13)18(19)20/h2-7,17H,8H2,1H3. The highest BCUT2D eigenvalue weighted by atomic mass is 35.5. The molecule has 0 aromatic heterocycles. The lowest BCUT2D eigenvalue weighted by Crippen LogP contribution is -2.04. The van der Waals surface area contributed by atoms with Crippen LogP contribution in [0.4, 0.5) is 15.8 Å². The van der Waals surface area contributed by atoms with E-state index in [1.165, 1.54) is 24.3 Å². The molecule has 20 heavy (non-hydrogen) atoms. The molecule has 0 amide bonds. The average molecular weight is 295 g/mol. The van der Waals surface area contributed by atoms with Gasteiger partial charge in [-0.15, -0.1) is 0 Å². The molecule has 0 saturated carbocycles. The first-order chi connectivity index (χ1) is 9.47. The number of halogens is 2. The Morgan fingerprint density at radius 3 is 2.75 bits per heavy atom. The van der Waals surface area contributed by atoms with Gasteiger partial charge in [-0.25, -0.2) is 4.39 Å². The van der Waals surface area contributed by atoms with Crippen LogP contribution in [0.15, 0.2) is 36.4 Å². The second kappa shape index (κ2) is 5.88. The topological polar surface area (TPSA) is 55.2 Å². The highest BCUT2D eigenvalue weighted by Gasteiger charge is 2.14. The number of hydrogen-bond acceptors (Lipinski definition) is 3. The van der Waals surface area contributed by atoms with Crippen molar-refractivity contribution in [2.75, 3.05) is 5.32 Å². The summed E-state index contributed by atoms with van der Waals surface area (Å²) in [6.45, 7) is 2.15. The van der Waals surface area contributed by atoms with E-state index in [0.29, 0.717) is 17.3 Å². The maximum Gasteiger partial charge on any atom is 0.293 e. The predicted octanol–water partition coefficient (Wildman–Crippen LogP) is 4.31. The molecule has 0 spiro atoms. The van der Waals surface area contributed by atoms with E-state index in [4.69, 9.17) is 11.6 Å². The lowest BCUT2D eigenvalue weighted by molar-refractivity contribution is -0.383. The Bertz CT molecular complexity index is 662. The molecule has 0 aliphatic heterocycles. The summed E-state index contributed by atoms with van der Waals surface area (Å²) < 4.78 is 13.2. The molecule has 2 aromatic rings. The molecule has 4 nitrogen and oxygen atoms in total. The summed E-state index contributed by atoms with van der Waals surface area (Å²) >= 11 is 5.74. The third kappa shape index (κ3) is 3.24. The van der Waals surface area contributed by atoms with E-state index in [1.54, 1.807) is 12.1 Å². The number of aryl methyl sites for hydroxylation is 1. The van der Waals surface area contributed by atoms with Gasteiger partial charge in [0.05, 0.1) is 4.92 Å². The minimum Gasteiger partial charge on any atom is -0.375 e. The molecule has 0 saturated heterocycles. The van der Waals surface area contributed by atoms with Crippen molar-refractivity contribution >= 4 is 23.0 Å². The van der Waals surface area contributed by atoms with E-state index in [2.05, 4.69) is 5.32 Å². The van der Waals surface area contributed by atoms with Crippen LogP contribution in [0.2, 0.25) is 5.02 Å². The fraction of sp³-hybridized carbons (Fsp3) is 0.143. The molecule has 0 bridgehead atoms. The Kier molecular flexibility index (Phi) is 4.20. The van der Waals surface area contributed by atoms with Gasteiger partial charge >= 0.3 is 0 Å². The average Bonchev–Trinajstić information content (AvgIpc) is 2.40. The maximum absolute atomic E-state index is 13.2. The molecule has 0 aliphatic rings. The number of benzene rings is 2. The van der Waals surface area contributed by atoms with Crippen molar-refractivity contribution < 1.29 is 9.31 Å². The van der Waals surface area contributed by atoms with Crippen molar-refractivity contribution in [3.8, 4) is 0 Å². The SMILES string of the molecule is Cc1ccc(F)cc1CNc1ccc(Cl)cc1[N+](=O)[O-]. The van der Waals surface area contributed by atoms with Gasteiger partial charge in [0.15, 0.2) is 0 Å². The molecule has 0 atom stereocenters. The van der Waals surface area contributed by atoms with Crippen LogP contribution in [0.1, 0.15) is 11.1 Å². The van der Waals surface area contributed by atoms with Gasteiger partial charge in [-0.05, 0) is 42.3 Å². The van der Waals surface area contributed by atoms with E-state index >= 15 is 0 Å². The Morgan fingerprint density at radius 2 is 2.05 bits per heavy atom. The molecule has 0 radical (unpaired) electrons. The number of hydrogen-bond donors (Lipinski definition) is 1. The Balaban J connectivity index is 2.23. The van der Waals surface area contributed by atoms with Gasteiger partial charge in [-0.3, -0.25) is 10.1 Å². The molecule has 2 aromatic carbocycles. The van der Waals surface area contributed by atoms with Crippen LogP contribution in [0.25, 0.3) is 0 Å². The first kappa shape index (κ1) is 14.3. The van der Waals surface area contributed by atoms with Gasteiger partial charge in [0, 0.05) is 17.6 Å². The van der Waals surface area contributed by atoms with Crippen molar-refractivity contribution in [1.82, 2.24) is 0 Å². The van der Waals surface area contributed by atoms with E-state index in [0.717, 1.165) is 11.1 Å². The van der Waals surface area contributed by atoms with Gasteiger partial charge in [0.2, 0.25) is 0 Å². The molecule has 6 heteroatoms. The first-order valence-electron chi connectivity index (χ1n) is 5.90. The molecule has 0 aliphatic carbocycles. The molecule has 2 rings (SSSR count). The normalized spacial score (nSPS) is 10.3. The molecule has 0 fully saturated rings. The number of nitrogens with zero attached hydrogens (tertiary/aromatic N) is 1. The van der Waals surface area contributed by atoms with Crippen LogP contribution in [0.5, 0.6) is 0 Å². The van der Waals surface area contributed by atoms with E-state index in [9.17, 15) is 14.5 Å². The quantitative estimate of drug-likeness (QED) is 0.675. The zero-order valence-corrected chi connectivity index (χ0v) is 11.4. The summed E-state index contributed by atoms with van der Waals surface area (Å²) in [6, 6.07) is 8.84. The van der Waals surface area contributed by atoms with Crippen LogP contribution in [0, 0.1) is 22.9 Å². The van der Waals surface area contributed by atoms with Crippen molar-refractivity contribution in [2.45, 2.75) is 13.5 Å². The molecular weight excluding hydrogens is 283 g/mol. The largest absolute Gasteiger partial charge is 0.375 e. The van der Waals surface area contributed by atoms with Gasteiger partial charge in [-0.2, -0.15) is 0 Å². The van der Waals surface area contributed by atoms with Gasteiger partial charge in [0.25, 0.3) is 5.69 Å². The van der Waals surface area contributed by atoms with Gasteiger partial charge in [0.1, 0.15) is 11.5 Å². The van der Waals surface area contributed by atoms with Crippen LogP contribution < -0.4 is 5.32 Å². The molecule has 104 valence electrons. The monoisotopic (exact) mass is 294 g/mol. The van der Waals surface area contributed by atoms with Crippen LogP contribution in [0.3, 0.4) is 0 Å². The fourth-order valence-electron chi connectivity index (χ4n) is 1.83. The van der Waals surface area contributed by atoms with Crippen LogP contribution in [-0.4, -0.2) is 4.92 Å². The van der Waals surface area contributed by atoms with Gasteiger partial charge in [-0.1, -0.05) is 17.7 Å². The number of nitro benzene ring substituents is 1. The Morgan fingerprint density at radius 1 is 1.30 bits per heavy atom. The zero-order chi connectivity index (χ0) is 14.7. The molecular formula is C14H12ClFN2O2. The highest BCUT2D eigenvalue weighted by Crippen LogP contribution is 2.28. The lowest BCUT2D eigenvalue weighted by Gasteiger charge is -2.10. The number of anilines is 1. The smallest absolute Gasteiger partial charge is 0.293 e. The van der Waals surface area contributed by atoms with Crippen LogP contribution >= 0.6 is 11.6 Å². The minimum absolute atomic E-state index is 0.105. The van der Waals surface area contributed by atoms with E-state index in [-0.39, 0.29) is 11.5 Å². The number of rotatable bonds is 4. The summed E-state index contributed by atoms with van der Waals surface area (Å²) in [6.07, 6.45) is 0. The third-order valence-corrected chi connectivity index (χ3v) is 3.17. The summed E-state index contributed by atoms with van der Waals surface area (Å²) in [5, 5.41) is 14.2. The Labute approximate surface area is 120 Å². The minimum atomic E-state index is -0.507. The number of nitro groups is 1. The maximum atomic E-state index is 13.2. The summed E-state index contributed by atoms with van der Waals surface area (Å²) in [7, 11) is 0. The van der Waals surface area contributed by atoms with E-state index in [1.807, 2.05) is 6.92 Å². The number of nitrogens with one attached hydrogen (secondary N) is 1. The zero-order valence-electron chi connectivity index (χ0n) is 10.7. The molecule has 0 heterocycles. The fourth-order valence-corrected chi connectivity index (χ4v) is 1.99. The molecule has 1 N–H and O–H groups in total. The summed E-state index contributed by atoms with van der Waals surface area (Å²) in [4.78, 5) is 10.4. The predicted molar refractivity (Wildman–Crippen MR) is 76.6 cm³/mol. The Hall–Kier alpha value is -2.14. The third-order valence-electron chi connectivity index (χ3n) is 2.94. The highest BCUT2D eigenvalue weighted by molar-refractivity contribution is 6.30. The lowest BCUT2D eigenvalue weighted by atomic mass is 10.1. The van der Waals surface area contributed by atoms with Gasteiger partial charge < -0.3 is 5.32 Å². The second-order valence-corrected chi connectivity index (χ2v) is 4.78. The van der Waals surface area contributed by atoms with Crippen molar-refractivity contribution in [3.63, 3.8) is 0 Å². The van der Waals surface area contributed by atoms with Crippen molar-refractivity contribution in [2.24, 2.45) is 0 Å². The second-order valence-electron chi connectivity index (χ2n) is 4.34. The summed E-state index contributed by atoms with van der Waals surface area (Å²) in [5.74, 6) is -0.335. The van der Waals surface area contributed by atoms with Crippen LogP contribution in [-0.2, 0) is 6.54 Å². The van der Waals surface area contributed by atoms with Crippen molar-refractivity contribution in [1.29, 1.82) is 0 Å². The van der Waals surface area contributed by atoms with Crippen molar-refractivity contribution in [3.05, 3.63) is 68.5 Å². The first-order valence-corrected chi connectivity index (χ1v) is 6.28. The molecule has 0 unspecified atom stereocenters.